The molecule has 8 amide bonds. The van der Waals surface area contributed by atoms with E-state index >= 15 is 0 Å². The summed E-state index contributed by atoms with van der Waals surface area (Å²) in [6.45, 7) is 4.53. The number of esters is 8. The molecule has 0 fully saturated rings. The lowest BCUT2D eigenvalue weighted by Crippen LogP contribution is -2.43. The minimum absolute atomic E-state index is 0.0450. The predicted molar refractivity (Wildman–Crippen MR) is 347 cm³/mol. The number of rotatable bonds is 30. The van der Waals surface area contributed by atoms with Gasteiger partial charge in [0.1, 0.15) is 26.4 Å². The number of urea groups is 2. The average molecular weight is 1890 g/mol. The molecule has 0 heterocycles. The van der Waals surface area contributed by atoms with E-state index in [1.54, 1.807) is 136 Å². The molecule has 37 heteroatoms. The summed E-state index contributed by atoms with van der Waals surface area (Å²) in [7, 11) is 0. The van der Waals surface area contributed by atoms with Crippen LogP contribution in [0.1, 0.15) is 96.8 Å². The highest BCUT2D eigenvalue weighted by Gasteiger charge is 2.33. The standard InChI is InChI=1S/C49H58I6N8O23/c1-19(64)79-15-28(83-23(5)68)11-56-44(73)32-36(50)33(45(74)57-12-29(84-24(6)69)16-80-20(2)65)39(53)42(38(32)52)62-48(77)60-9-27(72)10-61-49(78)63-43-40(54)34(46(75)58-13-30(85-25(7)70)17-81-21(3)66)37(51)35(41(43)55)47(76)59-14-31(86-26(8)71)18-82-22(4)67/h27-31,72H,9-18H2,1-8H3,(H,56,73)(H,57,74)(H,58,75)(H,59,76)(H2,60,62,77)(H2,61,63,78). The van der Waals surface area contributed by atoms with Gasteiger partial charge < -0.3 is 85.5 Å². The average Bonchev–Trinajstić information content (AvgIpc) is 1.05. The Balaban J connectivity index is 2.51. The van der Waals surface area contributed by atoms with Crippen molar-refractivity contribution in [3.63, 3.8) is 0 Å². The summed E-state index contributed by atoms with van der Waals surface area (Å²) in [5, 5.41) is 31.3. The highest BCUT2D eigenvalue weighted by Crippen LogP contribution is 2.37. The molecular weight excluding hydrogens is 1830 g/mol. The summed E-state index contributed by atoms with van der Waals surface area (Å²) < 4.78 is 41.0. The molecule has 0 saturated carbocycles. The molecule has 9 N–H and O–H groups in total. The van der Waals surface area contributed by atoms with Crippen molar-refractivity contribution in [2.24, 2.45) is 0 Å². The second-order valence-electron chi connectivity index (χ2n) is 17.4. The Bertz CT molecular complexity index is 2600. The number of amides is 8. The van der Waals surface area contributed by atoms with E-state index in [0.29, 0.717) is 0 Å². The van der Waals surface area contributed by atoms with Gasteiger partial charge in [-0.3, -0.25) is 57.5 Å². The molecule has 0 aliphatic carbocycles. The molecule has 2 rings (SSSR count). The zero-order valence-electron chi connectivity index (χ0n) is 46.7. The van der Waals surface area contributed by atoms with Gasteiger partial charge in [0.15, 0.2) is 24.4 Å². The molecule has 0 saturated heterocycles. The van der Waals surface area contributed by atoms with Gasteiger partial charge in [-0.05, 0) is 136 Å². The van der Waals surface area contributed by atoms with Gasteiger partial charge in [-0.25, -0.2) is 9.59 Å². The van der Waals surface area contributed by atoms with E-state index in [2.05, 4.69) is 42.5 Å². The number of carbonyl (C=O) groups is 14. The van der Waals surface area contributed by atoms with E-state index in [1.807, 2.05) is 0 Å². The fourth-order valence-electron chi connectivity index (χ4n) is 6.65. The van der Waals surface area contributed by atoms with Crippen LogP contribution < -0.4 is 42.5 Å². The van der Waals surface area contributed by atoms with E-state index in [1.165, 1.54) is 0 Å². The maximum Gasteiger partial charge on any atom is 0.319 e. The van der Waals surface area contributed by atoms with Crippen LogP contribution in [0.25, 0.3) is 0 Å². The van der Waals surface area contributed by atoms with Crippen molar-refractivity contribution in [3.8, 4) is 0 Å². The van der Waals surface area contributed by atoms with E-state index in [0.717, 1.165) is 55.4 Å². The number of ether oxygens (including phenoxy) is 8. The molecule has 31 nitrogen and oxygen atoms in total. The first-order chi connectivity index (χ1) is 40.1. The van der Waals surface area contributed by atoms with Gasteiger partial charge in [-0.1, -0.05) is 0 Å². The molecule has 0 aromatic heterocycles. The van der Waals surface area contributed by atoms with Gasteiger partial charge in [-0.15, -0.1) is 0 Å². The third kappa shape index (κ3) is 27.1. The van der Waals surface area contributed by atoms with Crippen LogP contribution in [0.4, 0.5) is 21.0 Å². The lowest BCUT2D eigenvalue weighted by Gasteiger charge is -2.22. The van der Waals surface area contributed by atoms with E-state index in [4.69, 9.17) is 37.9 Å². The molecule has 4 atom stereocenters. The topological polar surface area (TPSA) is 429 Å². The summed E-state index contributed by atoms with van der Waals surface area (Å²) in [4.78, 5) is 177. The van der Waals surface area contributed by atoms with Crippen molar-refractivity contribution in [3.05, 3.63) is 43.7 Å². The third-order valence-corrected chi connectivity index (χ3v) is 16.7. The maximum absolute atomic E-state index is 14.0. The summed E-state index contributed by atoms with van der Waals surface area (Å²) >= 11 is 10.5. The zero-order chi connectivity index (χ0) is 65.3. The van der Waals surface area contributed by atoms with Crippen LogP contribution in [0, 0.1) is 21.4 Å². The van der Waals surface area contributed by atoms with Crippen LogP contribution in [0.2, 0.25) is 0 Å². The van der Waals surface area contributed by atoms with Crippen LogP contribution in [-0.2, 0) is 76.3 Å². The molecule has 0 spiro atoms. The van der Waals surface area contributed by atoms with Crippen molar-refractivity contribution in [1.82, 2.24) is 31.9 Å². The van der Waals surface area contributed by atoms with E-state index in [9.17, 15) is 72.2 Å². The van der Waals surface area contributed by atoms with Crippen molar-refractivity contribution in [2.45, 2.75) is 85.9 Å². The van der Waals surface area contributed by atoms with Gasteiger partial charge >= 0.3 is 59.8 Å². The summed E-state index contributed by atoms with van der Waals surface area (Å²) in [5.74, 6) is -9.20. The number of benzene rings is 2. The molecule has 4 unspecified atom stereocenters. The Morgan fingerprint density at radius 1 is 0.326 bits per heavy atom. The number of hydrogen-bond donors (Lipinski definition) is 9. The van der Waals surface area contributed by atoms with Gasteiger partial charge in [0.25, 0.3) is 23.6 Å². The number of aliphatic hydroxyl groups excluding tert-OH is 1. The Kier molecular flexibility index (Phi) is 34.4. The van der Waals surface area contributed by atoms with Crippen LogP contribution >= 0.6 is 136 Å². The molecule has 86 heavy (non-hydrogen) atoms. The molecule has 0 bridgehead atoms. The molecular formula is C49H58I6N8O23. The first-order valence-corrected chi connectivity index (χ1v) is 31.2. The minimum Gasteiger partial charge on any atom is -0.462 e. The van der Waals surface area contributed by atoms with Crippen molar-refractivity contribution < 1.29 is 110 Å². The summed E-state index contributed by atoms with van der Waals surface area (Å²) in [5.41, 5.74) is -0.865. The minimum atomic E-state index is -1.52. The predicted octanol–water partition coefficient (Wildman–Crippen LogP) is 2.52. The van der Waals surface area contributed by atoms with Gasteiger partial charge in [-0.2, -0.15) is 0 Å². The fraction of sp³-hybridized carbons (Fsp3) is 0.469. The second-order valence-corrected chi connectivity index (χ2v) is 23.9. The smallest absolute Gasteiger partial charge is 0.319 e. The number of hydrogen-bond acceptors (Lipinski definition) is 23. The number of carbonyl (C=O) groups excluding carboxylic acids is 14. The van der Waals surface area contributed by atoms with Crippen LogP contribution in [-0.4, -0.2) is 185 Å². The highest BCUT2D eigenvalue weighted by atomic mass is 127. The lowest BCUT2D eigenvalue weighted by molar-refractivity contribution is -0.155. The SMILES string of the molecule is CC(=O)OCC(CNC(=O)c1c(I)c(NC(=O)NCC(O)CNC(=O)Nc2c(I)c(C(=O)NCC(COC(C)=O)OC(C)=O)c(I)c(C(=O)NCC(COC(C)=O)OC(C)=O)c2I)c(I)c(C(=O)NCC(COC(C)=O)OC(C)=O)c1I)OC(C)=O. The van der Waals surface area contributed by atoms with Crippen molar-refractivity contribution >= 4 is 230 Å². The maximum atomic E-state index is 14.0. The third-order valence-electron chi connectivity index (χ3n) is 10.2. The zero-order valence-corrected chi connectivity index (χ0v) is 59.6. The number of anilines is 2. The second kappa shape index (κ2) is 38.4. The largest absolute Gasteiger partial charge is 0.462 e. The Morgan fingerprint density at radius 3 is 0.721 bits per heavy atom. The molecule has 0 aliphatic heterocycles. The first-order valence-electron chi connectivity index (χ1n) is 24.7. The van der Waals surface area contributed by atoms with Crippen LogP contribution in [0.3, 0.4) is 0 Å². The molecule has 474 valence electrons. The Morgan fingerprint density at radius 2 is 0.535 bits per heavy atom. The van der Waals surface area contributed by atoms with Gasteiger partial charge in [0, 0.05) is 75.6 Å². The van der Waals surface area contributed by atoms with E-state index < -0.39 is 153 Å². The normalized spacial score (nSPS) is 12.3. The summed E-state index contributed by atoms with van der Waals surface area (Å²) in [6, 6.07) is -1.99. The number of halogens is 6. The Hall–Kier alpha value is -5.04. The van der Waals surface area contributed by atoms with Gasteiger partial charge in [0.05, 0.1) is 80.2 Å². The van der Waals surface area contributed by atoms with E-state index in [-0.39, 0.29) is 81.2 Å². The fourth-order valence-corrected chi connectivity index (χ4v) is 15.5. The molecule has 0 aliphatic rings. The van der Waals surface area contributed by atoms with Crippen molar-refractivity contribution in [2.75, 3.05) is 76.3 Å². The monoisotopic (exact) mass is 1890 g/mol. The molecule has 0 radical (unpaired) electrons. The van der Waals surface area contributed by atoms with Crippen LogP contribution in [0.15, 0.2) is 0 Å². The van der Waals surface area contributed by atoms with Gasteiger partial charge in [0.2, 0.25) is 0 Å². The number of nitrogens with one attached hydrogen (secondary N) is 8. The molecule has 2 aromatic carbocycles. The summed E-state index contributed by atoms with van der Waals surface area (Å²) in [6.07, 6.45) is -6.11. The Labute approximate surface area is 572 Å². The quantitative estimate of drug-likeness (QED) is 0.0308. The highest BCUT2D eigenvalue weighted by molar-refractivity contribution is 14.1. The van der Waals surface area contributed by atoms with Crippen LogP contribution in [0.5, 0.6) is 0 Å². The molecule has 2 aromatic rings. The van der Waals surface area contributed by atoms with Crippen molar-refractivity contribution in [1.29, 1.82) is 0 Å². The lowest BCUT2D eigenvalue weighted by atomic mass is 10.1. The number of aliphatic hydroxyl groups is 1. The first kappa shape index (κ1) is 77.1.